The third-order valence-corrected chi connectivity index (χ3v) is 3.76. The third kappa shape index (κ3) is 5.51. The molecule has 0 bridgehead atoms. The van der Waals surface area contributed by atoms with Gasteiger partial charge in [-0.25, -0.2) is 4.98 Å². The lowest BCUT2D eigenvalue weighted by molar-refractivity contribution is 0.114. The second-order valence-electron chi connectivity index (χ2n) is 4.93. The molecule has 1 aromatic rings. The lowest BCUT2D eigenvalue weighted by atomic mass is 10.2. The average molecular weight is 346 g/mol. The molecule has 0 spiro atoms. The van der Waals surface area contributed by atoms with Crippen LogP contribution in [0.1, 0.15) is 12.8 Å². The number of hydrogen-bond acceptors (Lipinski definition) is 4. The summed E-state index contributed by atoms with van der Waals surface area (Å²) in [6.07, 6.45) is 4.09. The molecule has 1 fully saturated rings. The van der Waals surface area contributed by atoms with Crippen LogP contribution in [0, 0.1) is 0 Å². The number of aromatic nitrogens is 1. The number of ether oxygens (including phenoxy) is 1. The Bertz CT molecular complexity index is 506. The van der Waals surface area contributed by atoms with E-state index < -0.39 is 0 Å². The fraction of sp³-hybridized carbons (Fsp3) is 0.571. The van der Waals surface area contributed by atoms with E-state index in [1.54, 1.807) is 19.3 Å². The molecule has 0 amide bonds. The number of aliphatic imine (C=N–C) groups is 1. The highest BCUT2D eigenvalue weighted by Crippen LogP contribution is 2.21. The number of halogens is 2. The van der Waals surface area contributed by atoms with Gasteiger partial charge >= 0.3 is 0 Å². The number of guanidine groups is 1. The zero-order valence-electron chi connectivity index (χ0n) is 12.5. The minimum atomic E-state index is 0.286. The van der Waals surface area contributed by atoms with Crippen LogP contribution in [0.4, 0.5) is 5.82 Å². The Hall–Kier alpha value is -1.24. The van der Waals surface area contributed by atoms with Crippen molar-refractivity contribution in [2.45, 2.75) is 18.9 Å². The van der Waals surface area contributed by atoms with Crippen LogP contribution in [0.5, 0.6) is 0 Å². The van der Waals surface area contributed by atoms with Crippen molar-refractivity contribution < 1.29 is 4.74 Å². The van der Waals surface area contributed by atoms with Crippen LogP contribution in [0.3, 0.4) is 0 Å². The van der Waals surface area contributed by atoms with Crippen molar-refractivity contribution in [3.05, 3.63) is 22.3 Å². The molecule has 3 N–H and O–H groups in total. The predicted octanol–water partition coefficient (Wildman–Crippen LogP) is 2.14. The first-order chi connectivity index (χ1) is 10.7. The first-order valence-electron chi connectivity index (χ1n) is 7.30. The largest absolute Gasteiger partial charge is 0.376 e. The topological polar surface area (TPSA) is 70.6 Å². The lowest BCUT2D eigenvalue weighted by Crippen LogP contribution is -2.42. The smallest absolute Gasteiger partial charge is 0.191 e. The second kappa shape index (κ2) is 9.02. The van der Waals surface area contributed by atoms with Gasteiger partial charge in [-0.05, 0) is 18.9 Å². The van der Waals surface area contributed by atoms with E-state index in [1.165, 1.54) is 0 Å². The van der Waals surface area contributed by atoms with Crippen molar-refractivity contribution in [1.29, 1.82) is 0 Å². The molecule has 0 radical (unpaired) electrons. The normalized spacial score (nSPS) is 18.3. The molecule has 122 valence electrons. The van der Waals surface area contributed by atoms with Crippen molar-refractivity contribution in [3.63, 3.8) is 0 Å². The van der Waals surface area contributed by atoms with E-state index in [2.05, 4.69) is 25.9 Å². The van der Waals surface area contributed by atoms with Gasteiger partial charge in [0.2, 0.25) is 0 Å². The summed E-state index contributed by atoms with van der Waals surface area (Å²) in [6, 6.07) is 1.66. The van der Waals surface area contributed by atoms with E-state index in [1.807, 2.05) is 0 Å². The first kappa shape index (κ1) is 17.1. The number of hydrogen-bond donors (Lipinski definition) is 3. The molecule has 6 nitrogen and oxygen atoms in total. The summed E-state index contributed by atoms with van der Waals surface area (Å²) >= 11 is 11.8. The Labute approximate surface area is 140 Å². The monoisotopic (exact) mass is 345 g/mol. The van der Waals surface area contributed by atoms with Gasteiger partial charge in [-0.1, -0.05) is 23.2 Å². The van der Waals surface area contributed by atoms with Crippen LogP contribution in [0.25, 0.3) is 0 Å². The van der Waals surface area contributed by atoms with Crippen molar-refractivity contribution in [2.75, 3.05) is 38.6 Å². The minimum Gasteiger partial charge on any atom is -0.376 e. The molecule has 0 aromatic carbocycles. The number of nitrogens with zero attached hydrogens (tertiary/aromatic N) is 2. The van der Waals surface area contributed by atoms with Crippen LogP contribution in [0.15, 0.2) is 17.3 Å². The molecular formula is C14H21Cl2N5O. The molecule has 2 rings (SSSR count). The van der Waals surface area contributed by atoms with E-state index in [9.17, 15) is 0 Å². The van der Waals surface area contributed by atoms with Crippen LogP contribution in [-0.2, 0) is 4.74 Å². The minimum absolute atomic E-state index is 0.286. The predicted molar refractivity (Wildman–Crippen MR) is 91.1 cm³/mol. The Balaban J connectivity index is 1.65. The summed E-state index contributed by atoms with van der Waals surface area (Å²) in [5.74, 6) is 1.38. The van der Waals surface area contributed by atoms with E-state index >= 15 is 0 Å². The zero-order valence-corrected chi connectivity index (χ0v) is 14.0. The highest BCUT2D eigenvalue weighted by Gasteiger charge is 2.15. The Morgan fingerprint density at radius 1 is 1.41 bits per heavy atom. The summed E-state index contributed by atoms with van der Waals surface area (Å²) in [4.78, 5) is 8.31. The number of anilines is 1. The van der Waals surface area contributed by atoms with Crippen LogP contribution in [0.2, 0.25) is 10.0 Å². The number of rotatable bonds is 6. The Kier molecular flexibility index (Phi) is 7.02. The number of nitrogens with one attached hydrogen (secondary N) is 3. The Morgan fingerprint density at radius 3 is 2.95 bits per heavy atom. The summed E-state index contributed by atoms with van der Waals surface area (Å²) in [5.41, 5.74) is 0. The van der Waals surface area contributed by atoms with Crippen LogP contribution >= 0.6 is 23.2 Å². The molecule has 1 aliphatic rings. The summed E-state index contributed by atoms with van der Waals surface area (Å²) < 4.78 is 5.56. The molecule has 1 aromatic heterocycles. The van der Waals surface area contributed by atoms with E-state index in [0.29, 0.717) is 29.0 Å². The lowest BCUT2D eigenvalue weighted by Gasteiger charge is -2.15. The molecule has 1 atom stereocenters. The fourth-order valence-corrected chi connectivity index (χ4v) is 2.59. The second-order valence-corrected chi connectivity index (χ2v) is 5.77. The maximum atomic E-state index is 6.04. The fourth-order valence-electron chi connectivity index (χ4n) is 2.14. The van der Waals surface area contributed by atoms with E-state index in [4.69, 9.17) is 27.9 Å². The van der Waals surface area contributed by atoms with Gasteiger partial charge in [-0.2, -0.15) is 0 Å². The molecule has 1 saturated heterocycles. The molecule has 0 saturated carbocycles. The zero-order chi connectivity index (χ0) is 15.8. The standard InChI is InChI=1S/C14H21Cl2N5O/c1-17-14(21-9-11-3-2-6-22-11)19-5-4-18-13-12(16)7-10(15)8-20-13/h7-8,11H,2-6,9H2,1H3,(H,18,20)(H2,17,19,21). The molecule has 8 heteroatoms. The molecule has 22 heavy (non-hydrogen) atoms. The quantitative estimate of drug-likeness (QED) is 0.418. The maximum absolute atomic E-state index is 6.04. The van der Waals surface area contributed by atoms with E-state index in [-0.39, 0.29) is 6.10 Å². The third-order valence-electron chi connectivity index (χ3n) is 3.26. The maximum Gasteiger partial charge on any atom is 0.191 e. The SMILES string of the molecule is CN=C(NCCNc1ncc(Cl)cc1Cl)NCC1CCCO1. The van der Waals surface area contributed by atoms with Gasteiger partial charge in [0.05, 0.1) is 16.1 Å². The van der Waals surface area contributed by atoms with Gasteiger partial charge < -0.3 is 20.7 Å². The highest BCUT2D eigenvalue weighted by atomic mass is 35.5. The highest BCUT2D eigenvalue weighted by molar-refractivity contribution is 6.35. The van der Waals surface area contributed by atoms with Gasteiger partial charge in [0.25, 0.3) is 0 Å². The number of pyridine rings is 1. The van der Waals surface area contributed by atoms with Crippen molar-refractivity contribution in [1.82, 2.24) is 15.6 Å². The van der Waals surface area contributed by atoms with Gasteiger partial charge in [-0.3, -0.25) is 4.99 Å². The van der Waals surface area contributed by atoms with Crippen molar-refractivity contribution >= 4 is 35.0 Å². The van der Waals surface area contributed by atoms with Gasteiger partial charge in [0.15, 0.2) is 5.96 Å². The average Bonchev–Trinajstić information content (AvgIpc) is 3.01. The van der Waals surface area contributed by atoms with Crippen LogP contribution < -0.4 is 16.0 Å². The molecule has 0 aliphatic carbocycles. The van der Waals surface area contributed by atoms with E-state index in [0.717, 1.165) is 32.0 Å². The summed E-state index contributed by atoms with van der Waals surface area (Å²) in [6.45, 7) is 2.98. The first-order valence-corrected chi connectivity index (χ1v) is 8.05. The Morgan fingerprint density at radius 2 is 2.27 bits per heavy atom. The van der Waals surface area contributed by atoms with Crippen molar-refractivity contribution in [3.8, 4) is 0 Å². The molecule has 1 aliphatic heterocycles. The molecule has 1 unspecified atom stereocenters. The molecule has 2 heterocycles. The van der Waals surface area contributed by atoms with Gasteiger partial charge in [-0.15, -0.1) is 0 Å². The van der Waals surface area contributed by atoms with Gasteiger partial charge in [0, 0.05) is 39.5 Å². The van der Waals surface area contributed by atoms with Crippen LogP contribution in [-0.4, -0.2) is 50.3 Å². The molecular weight excluding hydrogens is 325 g/mol. The van der Waals surface area contributed by atoms with Gasteiger partial charge in [0.1, 0.15) is 5.82 Å². The summed E-state index contributed by atoms with van der Waals surface area (Å²) in [5, 5.41) is 10.6. The van der Waals surface area contributed by atoms with Crippen molar-refractivity contribution in [2.24, 2.45) is 4.99 Å². The summed E-state index contributed by atoms with van der Waals surface area (Å²) in [7, 11) is 1.75.